The van der Waals surface area contributed by atoms with Gasteiger partial charge in [-0.3, -0.25) is 0 Å². The van der Waals surface area contributed by atoms with Crippen LogP contribution in [0.1, 0.15) is 23.2 Å². The van der Waals surface area contributed by atoms with Crippen LogP contribution in [0.25, 0.3) is 11.3 Å². The summed E-state index contributed by atoms with van der Waals surface area (Å²) in [6, 6.07) is 3.04. The number of ether oxygens (including phenoxy) is 1. The number of benzene rings is 1. The van der Waals surface area contributed by atoms with E-state index in [9.17, 15) is 22.3 Å². The van der Waals surface area contributed by atoms with Crippen molar-refractivity contribution in [2.24, 2.45) is 5.14 Å². The monoisotopic (exact) mass is 424 g/mol. The molecule has 3 aliphatic rings. The number of hydrogen-bond donors (Lipinski definition) is 2. The third-order valence-corrected chi connectivity index (χ3v) is 6.42. The summed E-state index contributed by atoms with van der Waals surface area (Å²) in [6.07, 6.45) is -0.368. The van der Waals surface area contributed by atoms with Crippen LogP contribution in [0.4, 0.5) is 14.7 Å². The van der Waals surface area contributed by atoms with Crippen LogP contribution in [0, 0.1) is 0 Å². The lowest BCUT2D eigenvalue weighted by atomic mass is 10.0. The minimum absolute atomic E-state index is 0.0822. The molecule has 0 amide bonds. The highest BCUT2D eigenvalue weighted by molar-refractivity contribution is 7.89. The molecule has 29 heavy (non-hydrogen) atoms. The Morgan fingerprint density at radius 3 is 2.69 bits per heavy atom. The van der Waals surface area contributed by atoms with Crippen LogP contribution >= 0.6 is 0 Å². The molecule has 3 heterocycles. The van der Waals surface area contributed by atoms with Gasteiger partial charge in [0.15, 0.2) is 0 Å². The maximum atomic E-state index is 14.5. The van der Waals surface area contributed by atoms with E-state index in [-0.39, 0.29) is 53.9 Å². The zero-order valence-electron chi connectivity index (χ0n) is 15.2. The van der Waals surface area contributed by atoms with Crippen molar-refractivity contribution in [2.45, 2.75) is 36.2 Å². The maximum absolute atomic E-state index is 14.5. The fourth-order valence-electron chi connectivity index (χ4n) is 4.03. The maximum Gasteiger partial charge on any atom is 0.290 e. The number of nitrogens with zero attached hydrogens (tertiary/aromatic N) is 3. The summed E-state index contributed by atoms with van der Waals surface area (Å²) in [7, 11) is -4.08. The lowest BCUT2D eigenvalue weighted by Gasteiger charge is -2.36. The predicted molar refractivity (Wildman–Crippen MR) is 98.5 cm³/mol. The Morgan fingerprint density at radius 1 is 1.24 bits per heavy atom. The Kier molecular flexibility index (Phi) is 3.90. The van der Waals surface area contributed by atoms with Crippen LogP contribution in [0.2, 0.25) is 0 Å². The highest BCUT2D eigenvalue weighted by Gasteiger charge is 2.44. The minimum atomic E-state index is -4.08. The molecule has 0 radical (unpaired) electrons. The van der Waals surface area contributed by atoms with Crippen molar-refractivity contribution in [3.05, 3.63) is 29.0 Å². The van der Waals surface area contributed by atoms with E-state index in [1.54, 1.807) is 11.0 Å². The van der Waals surface area contributed by atoms with Crippen molar-refractivity contribution in [1.82, 2.24) is 9.97 Å². The molecular formula is C18H18F2N4O4S. The zero-order valence-corrected chi connectivity index (χ0v) is 16.0. The number of sulfonamides is 1. The predicted octanol–water partition coefficient (Wildman–Crippen LogP) is 0.945. The number of alkyl halides is 2. The van der Waals surface area contributed by atoms with Crippen molar-refractivity contribution in [1.29, 1.82) is 0 Å². The quantitative estimate of drug-likeness (QED) is 0.753. The van der Waals surface area contributed by atoms with E-state index in [2.05, 4.69) is 9.97 Å². The van der Waals surface area contributed by atoms with Gasteiger partial charge in [0.05, 0.1) is 18.4 Å². The summed E-state index contributed by atoms with van der Waals surface area (Å²) in [5, 5.41) is 14.9. The number of aliphatic hydroxyl groups is 1. The lowest BCUT2D eigenvalue weighted by Crippen LogP contribution is -2.51. The normalized spacial score (nSPS) is 20.2. The van der Waals surface area contributed by atoms with Crippen LogP contribution in [-0.2, 0) is 28.8 Å². The minimum Gasteiger partial charge on any atom is -0.492 e. The van der Waals surface area contributed by atoms with Crippen LogP contribution < -0.4 is 14.8 Å². The fraction of sp³-hybridized carbons (Fsp3) is 0.444. The number of β-amino-alcohol motifs (C(OH)–C–C–N with tert-alkyl or cyclic N) is 1. The average molecular weight is 424 g/mol. The van der Waals surface area contributed by atoms with Crippen LogP contribution in [0.15, 0.2) is 17.0 Å². The number of rotatable bonds is 3. The number of fused-ring (bicyclic) bond motifs is 2. The second-order valence-corrected chi connectivity index (χ2v) is 9.10. The first-order valence-corrected chi connectivity index (χ1v) is 10.7. The summed E-state index contributed by atoms with van der Waals surface area (Å²) < 4.78 is 58.5. The van der Waals surface area contributed by atoms with Gasteiger partial charge in [0, 0.05) is 37.1 Å². The molecule has 11 heteroatoms. The van der Waals surface area contributed by atoms with Crippen molar-refractivity contribution < 1.29 is 27.0 Å². The Bertz CT molecular complexity index is 1130. The number of hydrogen-bond acceptors (Lipinski definition) is 7. The summed E-state index contributed by atoms with van der Waals surface area (Å²) in [4.78, 5) is 9.99. The number of anilines is 1. The molecule has 5 rings (SSSR count). The van der Waals surface area contributed by atoms with E-state index < -0.39 is 22.0 Å². The van der Waals surface area contributed by atoms with Gasteiger partial charge in [-0.1, -0.05) is 0 Å². The van der Waals surface area contributed by atoms with Gasteiger partial charge in [0.25, 0.3) is 5.92 Å². The molecule has 0 atom stereocenters. The number of primary sulfonamides is 1. The first-order valence-electron chi connectivity index (χ1n) is 9.18. The van der Waals surface area contributed by atoms with Crippen molar-refractivity contribution in [2.75, 3.05) is 24.6 Å². The van der Waals surface area contributed by atoms with Crippen molar-refractivity contribution in [3.63, 3.8) is 0 Å². The van der Waals surface area contributed by atoms with Gasteiger partial charge < -0.3 is 14.7 Å². The van der Waals surface area contributed by atoms with Crippen molar-refractivity contribution >= 4 is 16.0 Å². The molecule has 1 fully saturated rings. The van der Waals surface area contributed by atoms with Gasteiger partial charge in [-0.25, -0.2) is 23.5 Å². The number of nitrogens with two attached hydrogens (primary N) is 1. The van der Waals surface area contributed by atoms with Crippen LogP contribution in [0.3, 0.4) is 0 Å². The molecular weight excluding hydrogens is 406 g/mol. The molecule has 154 valence electrons. The summed E-state index contributed by atoms with van der Waals surface area (Å²) in [5.74, 6) is -2.79. The lowest BCUT2D eigenvalue weighted by molar-refractivity contribution is -0.00597. The first kappa shape index (κ1) is 18.6. The van der Waals surface area contributed by atoms with Gasteiger partial charge in [0.2, 0.25) is 16.0 Å². The van der Waals surface area contributed by atoms with Gasteiger partial charge in [0.1, 0.15) is 16.3 Å². The van der Waals surface area contributed by atoms with Crippen LogP contribution in [0.5, 0.6) is 5.75 Å². The largest absolute Gasteiger partial charge is 0.492 e. The van der Waals surface area contributed by atoms with Gasteiger partial charge in [-0.05, 0) is 24.1 Å². The van der Waals surface area contributed by atoms with Gasteiger partial charge in [-0.15, -0.1) is 0 Å². The third-order valence-electron chi connectivity index (χ3n) is 5.51. The SMILES string of the molecule is NS(=O)(=O)c1cc(-c2nc(N3CC(O)C3)nc3c2CCC3(F)F)cc2c1OCC2. The molecule has 0 bridgehead atoms. The smallest absolute Gasteiger partial charge is 0.290 e. The molecule has 2 aromatic rings. The molecule has 8 nitrogen and oxygen atoms in total. The Morgan fingerprint density at radius 2 is 2.00 bits per heavy atom. The second kappa shape index (κ2) is 6.07. The first-order chi connectivity index (χ1) is 13.6. The topological polar surface area (TPSA) is 119 Å². The molecule has 0 spiro atoms. The van der Waals surface area contributed by atoms with E-state index in [1.165, 1.54) is 6.07 Å². The Labute approximate surface area is 165 Å². The zero-order chi connectivity index (χ0) is 20.6. The third kappa shape index (κ3) is 2.95. The molecule has 2 aliphatic heterocycles. The molecule has 1 aromatic carbocycles. The molecule has 1 saturated heterocycles. The molecule has 1 aromatic heterocycles. The molecule has 0 saturated carbocycles. The van der Waals surface area contributed by atoms with E-state index in [1.807, 2.05) is 0 Å². The van der Waals surface area contributed by atoms with Crippen molar-refractivity contribution in [3.8, 4) is 17.0 Å². The van der Waals surface area contributed by atoms with E-state index >= 15 is 0 Å². The Hall–Kier alpha value is -2.37. The molecule has 3 N–H and O–H groups in total. The van der Waals surface area contributed by atoms with E-state index in [0.717, 1.165) is 0 Å². The number of halogens is 2. The van der Waals surface area contributed by atoms with Gasteiger partial charge in [-0.2, -0.15) is 8.78 Å². The molecule has 0 unspecified atom stereocenters. The highest BCUT2D eigenvalue weighted by Crippen LogP contribution is 2.46. The molecule has 1 aliphatic carbocycles. The summed E-state index contributed by atoms with van der Waals surface area (Å²) in [6.45, 7) is 0.826. The average Bonchev–Trinajstić information content (AvgIpc) is 3.21. The standard InChI is InChI=1S/C18H18F2N4O4S/c19-18(20)3-1-12-14(22-17(23-16(12)18)24-7-11(25)8-24)10-5-9-2-4-28-15(9)13(6-10)29(21,26)27/h5-6,11,25H,1-4,7-8H2,(H2,21,26,27). The van der Waals surface area contributed by atoms with E-state index in [0.29, 0.717) is 29.7 Å². The highest BCUT2D eigenvalue weighted by atomic mass is 32.2. The summed E-state index contributed by atoms with van der Waals surface area (Å²) >= 11 is 0. The number of aliphatic hydroxyl groups excluding tert-OH is 1. The number of aromatic nitrogens is 2. The second-order valence-electron chi connectivity index (χ2n) is 7.57. The Balaban J connectivity index is 1.73. The van der Waals surface area contributed by atoms with Gasteiger partial charge >= 0.3 is 0 Å². The fourth-order valence-corrected chi connectivity index (χ4v) is 4.77. The van der Waals surface area contributed by atoms with E-state index in [4.69, 9.17) is 9.88 Å². The van der Waals surface area contributed by atoms with Crippen LogP contribution in [-0.4, -0.2) is 49.3 Å². The summed E-state index contributed by atoms with van der Waals surface area (Å²) in [5.41, 5.74) is 1.26.